The van der Waals surface area contributed by atoms with Gasteiger partial charge in [0.25, 0.3) is 0 Å². The lowest BCUT2D eigenvalue weighted by molar-refractivity contribution is 0.574. The summed E-state index contributed by atoms with van der Waals surface area (Å²) < 4.78 is 0. The molecular weight excluding hydrogens is 246 g/mol. The molecule has 0 aliphatic heterocycles. The van der Waals surface area contributed by atoms with Crippen LogP contribution in [0.1, 0.15) is 29.4 Å². The first-order valence-electron chi connectivity index (χ1n) is 7.11. The lowest BCUT2D eigenvalue weighted by Gasteiger charge is -2.11. The zero-order valence-corrected chi connectivity index (χ0v) is 12.8. The fourth-order valence-corrected chi connectivity index (χ4v) is 2.28. The molecule has 20 heavy (non-hydrogen) atoms. The molecule has 2 rings (SSSR count). The van der Waals surface area contributed by atoms with Crippen LogP contribution in [-0.4, -0.2) is 16.5 Å². The number of aromatic nitrogens is 2. The average Bonchev–Trinajstić information content (AvgIpc) is 2.43. The van der Waals surface area contributed by atoms with Gasteiger partial charge in [-0.3, -0.25) is 0 Å². The van der Waals surface area contributed by atoms with Crippen LogP contribution in [0, 0.1) is 26.7 Å². The Bertz CT molecular complexity index is 605. The number of nitrogens with two attached hydrogens (primary N) is 1. The van der Waals surface area contributed by atoms with Crippen LogP contribution >= 0.6 is 0 Å². The standard InChI is InChI=1S/C17H23N3/c1-11(10-18)7-17-19-6-5-16(20-17)15-9-13(3)12(2)8-14(15)4/h5-6,8-9,11H,7,10,18H2,1-4H3. The zero-order chi connectivity index (χ0) is 14.7. The van der Waals surface area contributed by atoms with E-state index in [-0.39, 0.29) is 0 Å². The van der Waals surface area contributed by atoms with Crippen molar-refractivity contribution in [3.63, 3.8) is 0 Å². The number of hydrogen-bond acceptors (Lipinski definition) is 3. The minimum Gasteiger partial charge on any atom is -0.330 e. The number of hydrogen-bond donors (Lipinski definition) is 1. The molecule has 1 unspecified atom stereocenters. The summed E-state index contributed by atoms with van der Waals surface area (Å²) in [5.74, 6) is 1.28. The van der Waals surface area contributed by atoms with E-state index in [0.29, 0.717) is 12.5 Å². The van der Waals surface area contributed by atoms with Gasteiger partial charge in [0.15, 0.2) is 0 Å². The molecule has 106 valence electrons. The molecule has 3 nitrogen and oxygen atoms in total. The van der Waals surface area contributed by atoms with Gasteiger partial charge in [-0.15, -0.1) is 0 Å². The summed E-state index contributed by atoms with van der Waals surface area (Å²) >= 11 is 0. The topological polar surface area (TPSA) is 51.8 Å². The summed E-state index contributed by atoms with van der Waals surface area (Å²) in [6, 6.07) is 6.41. The molecule has 1 atom stereocenters. The van der Waals surface area contributed by atoms with Gasteiger partial charge < -0.3 is 5.73 Å². The maximum atomic E-state index is 5.67. The molecular formula is C17H23N3. The van der Waals surface area contributed by atoms with Crippen molar-refractivity contribution in [3.05, 3.63) is 46.9 Å². The minimum absolute atomic E-state index is 0.408. The SMILES string of the molecule is Cc1cc(C)c(-c2ccnc(CC(C)CN)n2)cc1C. The van der Waals surface area contributed by atoms with Crippen LogP contribution in [-0.2, 0) is 6.42 Å². The van der Waals surface area contributed by atoms with Gasteiger partial charge in [0.05, 0.1) is 5.69 Å². The normalized spacial score (nSPS) is 12.4. The number of benzene rings is 1. The second-order valence-electron chi connectivity index (χ2n) is 5.65. The molecule has 0 saturated heterocycles. The van der Waals surface area contributed by atoms with Crippen LogP contribution in [0.2, 0.25) is 0 Å². The van der Waals surface area contributed by atoms with Crippen molar-refractivity contribution in [2.24, 2.45) is 11.7 Å². The van der Waals surface area contributed by atoms with E-state index in [9.17, 15) is 0 Å². The number of nitrogens with zero attached hydrogens (tertiary/aromatic N) is 2. The molecule has 3 heteroatoms. The third-order valence-electron chi connectivity index (χ3n) is 3.76. The van der Waals surface area contributed by atoms with Crippen LogP contribution in [0.25, 0.3) is 11.3 Å². The first kappa shape index (κ1) is 14.7. The van der Waals surface area contributed by atoms with Crippen molar-refractivity contribution in [2.75, 3.05) is 6.54 Å². The van der Waals surface area contributed by atoms with E-state index >= 15 is 0 Å². The van der Waals surface area contributed by atoms with Gasteiger partial charge in [0.2, 0.25) is 0 Å². The molecule has 1 aromatic heterocycles. The largest absolute Gasteiger partial charge is 0.330 e. The summed E-state index contributed by atoms with van der Waals surface area (Å²) in [7, 11) is 0. The minimum atomic E-state index is 0.408. The highest BCUT2D eigenvalue weighted by Crippen LogP contribution is 2.24. The maximum Gasteiger partial charge on any atom is 0.129 e. The molecule has 0 saturated carbocycles. The van der Waals surface area contributed by atoms with Crippen molar-refractivity contribution >= 4 is 0 Å². The van der Waals surface area contributed by atoms with Crippen LogP contribution in [0.4, 0.5) is 0 Å². The van der Waals surface area contributed by atoms with E-state index in [1.165, 1.54) is 22.3 Å². The first-order chi connectivity index (χ1) is 9.51. The molecule has 0 radical (unpaired) electrons. The number of rotatable bonds is 4. The molecule has 0 aliphatic carbocycles. The van der Waals surface area contributed by atoms with Crippen LogP contribution < -0.4 is 5.73 Å². The second-order valence-corrected chi connectivity index (χ2v) is 5.65. The Kier molecular flexibility index (Phi) is 4.50. The molecule has 1 heterocycles. The fraction of sp³-hybridized carbons (Fsp3) is 0.412. The highest BCUT2D eigenvalue weighted by Gasteiger charge is 2.09. The third-order valence-corrected chi connectivity index (χ3v) is 3.76. The zero-order valence-electron chi connectivity index (χ0n) is 12.8. The molecule has 0 bridgehead atoms. The summed E-state index contributed by atoms with van der Waals surface area (Å²) in [5.41, 5.74) is 11.7. The monoisotopic (exact) mass is 269 g/mol. The Balaban J connectivity index is 2.38. The highest BCUT2D eigenvalue weighted by atomic mass is 14.9. The Labute approximate surface area is 121 Å². The lowest BCUT2D eigenvalue weighted by atomic mass is 9.98. The molecule has 0 amide bonds. The predicted octanol–water partition coefficient (Wildman–Crippen LogP) is 3.21. The van der Waals surface area contributed by atoms with Crippen molar-refractivity contribution < 1.29 is 0 Å². The van der Waals surface area contributed by atoms with Crippen molar-refractivity contribution in [1.29, 1.82) is 0 Å². The Morgan fingerprint density at radius 3 is 2.50 bits per heavy atom. The highest BCUT2D eigenvalue weighted by molar-refractivity contribution is 5.65. The van der Waals surface area contributed by atoms with E-state index < -0.39 is 0 Å². The molecule has 1 aromatic carbocycles. The number of aryl methyl sites for hydroxylation is 3. The summed E-state index contributed by atoms with van der Waals surface area (Å²) in [4.78, 5) is 9.05. The maximum absolute atomic E-state index is 5.67. The van der Waals surface area contributed by atoms with Gasteiger partial charge in [0, 0.05) is 18.2 Å². The van der Waals surface area contributed by atoms with Gasteiger partial charge >= 0.3 is 0 Å². The van der Waals surface area contributed by atoms with E-state index in [4.69, 9.17) is 10.7 Å². The molecule has 0 fully saturated rings. The molecule has 2 N–H and O–H groups in total. The lowest BCUT2D eigenvalue weighted by Crippen LogP contribution is -2.14. The Hall–Kier alpha value is -1.74. The smallest absolute Gasteiger partial charge is 0.129 e. The van der Waals surface area contributed by atoms with Gasteiger partial charge in [-0.05, 0) is 62.1 Å². The van der Waals surface area contributed by atoms with Crippen LogP contribution in [0.3, 0.4) is 0 Å². The van der Waals surface area contributed by atoms with Gasteiger partial charge in [-0.1, -0.05) is 13.0 Å². The summed E-state index contributed by atoms with van der Waals surface area (Å²) in [6.07, 6.45) is 2.67. The van der Waals surface area contributed by atoms with E-state index in [1.807, 2.05) is 12.3 Å². The summed E-state index contributed by atoms with van der Waals surface area (Å²) in [5, 5.41) is 0. The van der Waals surface area contributed by atoms with Gasteiger partial charge in [-0.2, -0.15) is 0 Å². The Morgan fingerprint density at radius 2 is 1.80 bits per heavy atom. The van der Waals surface area contributed by atoms with Crippen molar-refractivity contribution in [3.8, 4) is 11.3 Å². The van der Waals surface area contributed by atoms with E-state index in [2.05, 4.69) is 44.8 Å². The molecule has 0 spiro atoms. The quantitative estimate of drug-likeness (QED) is 0.927. The van der Waals surface area contributed by atoms with Crippen LogP contribution in [0.15, 0.2) is 24.4 Å². The van der Waals surface area contributed by atoms with E-state index in [0.717, 1.165) is 17.9 Å². The first-order valence-corrected chi connectivity index (χ1v) is 7.11. The second kappa shape index (κ2) is 6.14. The van der Waals surface area contributed by atoms with E-state index in [1.54, 1.807) is 0 Å². The average molecular weight is 269 g/mol. The van der Waals surface area contributed by atoms with Crippen molar-refractivity contribution in [1.82, 2.24) is 9.97 Å². The van der Waals surface area contributed by atoms with Crippen LogP contribution in [0.5, 0.6) is 0 Å². The van der Waals surface area contributed by atoms with Gasteiger partial charge in [-0.25, -0.2) is 9.97 Å². The van der Waals surface area contributed by atoms with Crippen molar-refractivity contribution in [2.45, 2.75) is 34.1 Å². The molecule has 0 aliphatic rings. The third kappa shape index (κ3) is 3.23. The fourth-order valence-electron chi connectivity index (χ4n) is 2.28. The molecule has 2 aromatic rings. The summed E-state index contributed by atoms with van der Waals surface area (Å²) in [6.45, 7) is 9.19. The van der Waals surface area contributed by atoms with Gasteiger partial charge in [0.1, 0.15) is 5.82 Å². The Morgan fingerprint density at radius 1 is 1.10 bits per heavy atom. The predicted molar refractivity (Wildman–Crippen MR) is 83.6 cm³/mol.